The number of fused-ring (bicyclic) bond motifs is 1. The number of nitrogens with zero attached hydrogens (tertiary/aromatic N) is 2. The molecule has 2 aromatic rings. The van der Waals surface area contributed by atoms with Crippen molar-refractivity contribution in [2.24, 2.45) is 0 Å². The van der Waals surface area contributed by atoms with E-state index in [9.17, 15) is 0 Å². The van der Waals surface area contributed by atoms with Crippen molar-refractivity contribution in [3.63, 3.8) is 0 Å². The van der Waals surface area contributed by atoms with Crippen LogP contribution < -0.4 is 10.1 Å². The fraction of sp³-hybridized carbons (Fsp3) is 0.500. The monoisotopic (exact) mass is 285 g/mol. The number of aromatic nitrogens is 2. The normalized spacial score (nSPS) is 28.1. The van der Waals surface area contributed by atoms with Crippen molar-refractivity contribution in [3.8, 4) is 5.75 Å². The van der Waals surface area contributed by atoms with Crippen molar-refractivity contribution in [2.75, 3.05) is 13.2 Å². The fourth-order valence-corrected chi connectivity index (χ4v) is 3.29. The summed E-state index contributed by atoms with van der Waals surface area (Å²) in [5.74, 6) is 2.58. The highest BCUT2D eigenvalue weighted by molar-refractivity contribution is 5.40. The van der Waals surface area contributed by atoms with Gasteiger partial charge in [0.15, 0.2) is 5.82 Å². The number of rotatable bonds is 2. The van der Waals surface area contributed by atoms with Crippen molar-refractivity contribution in [1.82, 2.24) is 15.5 Å². The summed E-state index contributed by atoms with van der Waals surface area (Å²) in [5, 5.41) is 7.71. The average Bonchev–Trinajstić information content (AvgIpc) is 3.16. The smallest absolute Gasteiger partial charge is 0.246 e. The first-order valence-corrected chi connectivity index (χ1v) is 7.57. The van der Waals surface area contributed by atoms with Gasteiger partial charge in [-0.3, -0.25) is 0 Å². The van der Waals surface area contributed by atoms with Gasteiger partial charge in [-0.25, -0.2) is 0 Å². The van der Waals surface area contributed by atoms with Gasteiger partial charge in [-0.2, -0.15) is 4.98 Å². The Hall–Kier alpha value is -1.88. The molecule has 21 heavy (non-hydrogen) atoms. The molecule has 0 radical (unpaired) electrons. The van der Waals surface area contributed by atoms with Crippen LogP contribution in [-0.2, 0) is 5.54 Å². The number of ether oxygens (including phenoxy) is 1. The van der Waals surface area contributed by atoms with Crippen molar-refractivity contribution in [3.05, 3.63) is 41.5 Å². The van der Waals surface area contributed by atoms with E-state index < -0.39 is 0 Å². The van der Waals surface area contributed by atoms with E-state index in [1.54, 1.807) is 0 Å². The van der Waals surface area contributed by atoms with Crippen LogP contribution in [0, 0.1) is 0 Å². The zero-order valence-corrected chi connectivity index (χ0v) is 12.1. The maximum Gasteiger partial charge on any atom is 0.246 e. The maximum absolute atomic E-state index is 5.70. The van der Waals surface area contributed by atoms with Gasteiger partial charge in [-0.15, -0.1) is 0 Å². The Morgan fingerprint density at radius 1 is 1.33 bits per heavy atom. The second-order valence-corrected chi connectivity index (χ2v) is 6.05. The Morgan fingerprint density at radius 3 is 3.10 bits per heavy atom. The van der Waals surface area contributed by atoms with Crippen LogP contribution in [0.1, 0.15) is 49.4 Å². The van der Waals surface area contributed by atoms with Crippen LogP contribution in [-0.4, -0.2) is 23.3 Å². The number of hydrogen-bond donors (Lipinski definition) is 1. The summed E-state index contributed by atoms with van der Waals surface area (Å²) < 4.78 is 11.3. The van der Waals surface area contributed by atoms with E-state index in [4.69, 9.17) is 14.2 Å². The minimum Gasteiger partial charge on any atom is -0.493 e. The molecular formula is C16H19N3O2. The van der Waals surface area contributed by atoms with Gasteiger partial charge in [0.1, 0.15) is 5.75 Å². The molecule has 0 amide bonds. The van der Waals surface area contributed by atoms with E-state index in [1.165, 1.54) is 0 Å². The Kier molecular flexibility index (Phi) is 2.96. The lowest BCUT2D eigenvalue weighted by Crippen LogP contribution is -2.33. The highest BCUT2D eigenvalue weighted by Crippen LogP contribution is 2.38. The van der Waals surface area contributed by atoms with Crippen LogP contribution in [0.5, 0.6) is 5.75 Å². The van der Waals surface area contributed by atoms with Gasteiger partial charge in [-0.1, -0.05) is 23.4 Å². The second-order valence-electron chi connectivity index (χ2n) is 6.05. The molecule has 2 unspecified atom stereocenters. The third kappa shape index (κ3) is 2.12. The predicted octanol–water partition coefficient (Wildman–Crippen LogP) is 2.58. The Morgan fingerprint density at radius 2 is 2.24 bits per heavy atom. The number of benzene rings is 1. The molecule has 0 spiro atoms. The molecule has 1 saturated heterocycles. The molecule has 1 N–H and O–H groups in total. The molecule has 5 nitrogen and oxygen atoms in total. The summed E-state index contributed by atoms with van der Waals surface area (Å²) >= 11 is 0. The van der Waals surface area contributed by atoms with Crippen molar-refractivity contribution >= 4 is 0 Å². The number of para-hydroxylation sites is 1. The van der Waals surface area contributed by atoms with Crippen LogP contribution in [0.3, 0.4) is 0 Å². The van der Waals surface area contributed by atoms with Crippen LogP contribution >= 0.6 is 0 Å². The topological polar surface area (TPSA) is 60.2 Å². The van der Waals surface area contributed by atoms with E-state index in [0.717, 1.165) is 42.9 Å². The first kappa shape index (κ1) is 12.8. The zero-order valence-electron chi connectivity index (χ0n) is 12.1. The lowest BCUT2D eigenvalue weighted by Gasteiger charge is -2.23. The van der Waals surface area contributed by atoms with Crippen LogP contribution in [0.4, 0.5) is 0 Å². The van der Waals surface area contributed by atoms with Crippen molar-refractivity contribution in [1.29, 1.82) is 0 Å². The Bertz CT molecular complexity index is 646. The molecule has 2 atom stereocenters. The third-order valence-corrected chi connectivity index (χ3v) is 4.55. The molecule has 1 aromatic carbocycles. The SMILES string of the molecule is CC1(c2nc(C3CCOc4ccccc43)no2)CCCN1. The summed E-state index contributed by atoms with van der Waals surface area (Å²) in [7, 11) is 0. The molecule has 1 fully saturated rings. The lowest BCUT2D eigenvalue weighted by atomic mass is 9.92. The van der Waals surface area contributed by atoms with Gasteiger partial charge in [0.2, 0.25) is 5.89 Å². The van der Waals surface area contributed by atoms with E-state index in [1.807, 2.05) is 18.2 Å². The van der Waals surface area contributed by atoms with Crippen LogP contribution in [0.15, 0.2) is 28.8 Å². The van der Waals surface area contributed by atoms with Crippen LogP contribution in [0.2, 0.25) is 0 Å². The zero-order chi connectivity index (χ0) is 14.3. The molecule has 2 aliphatic rings. The standard InChI is InChI=1S/C16H19N3O2/c1-16(8-4-9-17-16)15-18-14(19-21-15)12-7-10-20-13-6-3-2-5-11(12)13/h2-3,5-6,12,17H,4,7-10H2,1H3. The molecule has 0 aliphatic carbocycles. The van der Waals surface area contributed by atoms with Gasteiger partial charge in [0, 0.05) is 5.56 Å². The highest BCUT2D eigenvalue weighted by Gasteiger charge is 2.37. The highest BCUT2D eigenvalue weighted by atomic mass is 16.5. The summed E-state index contributed by atoms with van der Waals surface area (Å²) in [4.78, 5) is 4.69. The van der Waals surface area contributed by atoms with Gasteiger partial charge in [0.25, 0.3) is 0 Å². The van der Waals surface area contributed by atoms with Crippen LogP contribution in [0.25, 0.3) is 0 Å². The minimum absolute atomic E-state index is 0.164. The van der Waals surface area contributed by atoms with Gasteiger partial charge in [-0.05, 0) is 38.8 Å². The van der Waals surface area contributed by atoms with E-state index in [-0.39, 0.29) is 11.5 Å². The molecule has 1 aromatic heterocycles. The molecular weight excluding hydrogens is 266 g/mol. The van der Waals surface area contributed by atoms with Crippen molar-refractivity contribution in [2.45, 2.75) is 37.6 Å². The van der Waals surface area contributed by atoms with E-state index in [0.29, 0.717) is 12.5 Å². The average molecular weight is 285 g/mol. The summed E-state index contributed by atoms with van der Waals surface area (Å²) in [6, 6.07) is 8.11. The largest absolute Gasteiger partial charge is 0.493 e. The summed E-state index contributed by atoms with van der Waals surface area (Å²) in [6.07, 6.45) is 3.08. The maximum atomic E-state index is 5.70. The first-order chi connectivity index (χ1) is 10.3. The Labute approximate surface area is 123 Å². The van der Waals surface area contributed by atoms with Gasteiger partial charge >= 0.3 is 0 Å². The molecule has 2 aliphatic heterocycles. The molecule has 5 heteroatoms. The minimum atomic E-state index is -0.171. The van der Waals surface area contributed by atoms with Gasteiger partial charge < -0.3 is 14.6 Å². The molecule has 0 bridgehead atoms. The predicted molar refractivity (Wildman–Crippen MR) is 77.3 cm³/mol. The summed E-state index contributed by atoms with van der Waals surface area (Å²) in [6.45, 7) is 3.84. The van der Waals surface area contributed by atoms with E-state index in [2.05, 4.69) is 23.5 Å². The van der Waals surface area contributed by atoms with Gasteiger partial charge in [0.05, 0.1) is 18.1 Å². The first-order valence-electron chi connectivity index (χ1n) is 7.57. The number of hydrogen-bond acceptors (Lipinski definition) is 5. The second kappa shape index (κ2) is 4.84. The summed E-state index contributed by atoms with van der Waals surface area (Å²) in [5.41, 5.74) is 0.983. The number of nitrogens with one attached hydrogen (secondary N) is 1. The molecule has 110 valence electrons. The quantitative estimate of drug-likeness (QED) is 0.919. The lowest BCUT2D eigenvalue weighted by molar-refractivity contribution is 0.265. The Balaban J connectivity index is 1.68. The van der Waals surface area contributed by atoms with Crippen molar-refractivity contribution < 1.29 is 9.26 Å². The molecule has 4 rings (SSSR count). The fourth-order valence-electron chi connectivity index (χ4n) is 3.29. The van der Waals surface area contributed by atoms with E-state index >= 15 is 0 Å². The molecule has 3 heterocycles. The molecule has 0 saturated carbocycles. The third-order valence-electron chi connectivity index (χ3n) is 4.55.